The van der Waals surface area contributed by atoms with Crippen LogP contribution in [0.5, 0.6) is 0 Å². The van der Waals surface area contributed by atoms with Crippen LogP contribution in [0.1, 0.15) is 12.0 Å². The van der Waals surface area contributed by atoms with Gasteiger partial charge >= 0.3 is 0 Å². The maximum absolute atomic E-state index is 13.9. The standard InChI is InChI=1S/C20H20F2N4O3S/c21-20(22)17-12-15(13-18(30(23,27)28)19(17)26-7-1-6-24-26)14-2-4-16(5-3-14)25-8-10-29-11-9-25/h1-7,12-13,20H,8-11H2,(H2,23,27,28). The predicted octanol–water partition coefficient (Wildman–Crippen LogP) is 2.96. The van der Waals surface area contributed by atoms with Crippen LogP contribution in [-0.4, -0.2) is 44.5 Å². The summed E-state index contributed by atoms with van der Waals surface area (Å²) in [6, 6.07) is 11.4. The number of hydrogen-bond acceptors (Lipinski definition) is 5. The number of morpholine rings is 1. The number of aromatic nitrogens is 2. The van der Waals surface area contributed by atoms with E-state index in [-0.39, 0.29) is 5.69 Å². The molecule has 0 bridgehead atoms. The minimum absolute atomic E-state index is 0.244. The van der Waals surface area contributed by atoms with E-state index in [1.807, 2.05) is 12.1 Å². The third-order valence-corrected chi connectivity index (χ3v) is 5.88. The van der Waals surface area contributed by atoms with E-state index < -0.39 is 26.9 Å². The van der Waals surface area contributed by atoms with Gasteiger partial charge in [0.05, 0.1) is 18.9 Å². The highest BCUT2D eigenvalue weighted by atomic mass is 32.2. The molecular formula is C20H20F2N4O3S. The van der Waals surface area contributed by atoms with Crippen LogP contribution >= 0.6 is 0 Å². The smallest absolute Gasteiger partial charge is 0.265 e. The lowest BCUT2D eigenvalue weighted by Gasteiger charge is -2.29. The zero-order valence-corrected chi connectivity index (χ0v) is 16.7. The molecule has 0 spiro atoms. The van der Waals surface area contributed by atoms with Crippen molar-refractivity contribution in [1.82, 2.24) is 9.78 Å². The molecule has 1 fully saturated rings. The number of anilines is 1. The first kappa shape index (κ1) is 20.5. The van der Waals surface area contributed by atoms with Crippen molar-refractivity contribution in [1.29, 1.82) is 0 Å². The molecule has 0 amide bonds. The van der Waals surface area contributed by atoms with Crippen LogP contribution in [0.4, 0.5) is 14.5 Å². The molecule has 0 aliphatic carbocycles. The molecule has 30 heavy (non-hydrogen) atoms. The first-order chi connectivity index (χ1) is 14.3. The van der Waals surface area contributed by atoms with Crippen LogP contribution in [0.2, 0.25) is 0 Å². The Morgan fingerprint density at radius 2 is 1.77 bits per heavy atom. The zero-order chi connectivity index (χ0) is 21.3. The zero-order valence-electron chi connectivity index (χ0n) is 15.9. The molecule has 1 aliphatic heterocycles. The van der Waals surface area contributed by atoms with Gasteiger partial charge in [0.2, 0.25) is 10.0 Å². The van der Waals surface area contributed by atoms with Crippen LogP contribution < -0.4 is 10.0 Å². The number of ether oxygens (including phenoxy) is 1. The lowest BCUT2D eigenvalue weighted by molar-refractivity contribution is 0.122. The summed E-state index contributed by atoms with van der Waals surface area (Å²) in [5.74, 6) is 0. The Labute approximate surface area is 172 Å². The Kier molecular flexibility index (Phi) is 5.54. The summed E-state index contributed by atoms with van der Waals surface area (Å²) in [5, 5.41) is 9.29. The highest BCUT2D eigenvalue weighted by Gasteiger charge is 2.25. The molecule has 7 nitrogen and oxygen atoms in total. The molecule has 1 aromatic heterocycles. The summed E-state index contributed by atoms with van der Waals surface area (Å²) in [6.07, 6.45) is -0.148. The summed E-state index contributed by atoms with van der Waals surface area (Å²) >= 11 is 0. The number of hydrogen-bond donors (Lipinski definition) is 1. The van der Waals surface area contributed by atoms with E-state index in [9.17, 15) is 17.2 Å². The maximum Gasteiger partial charge on any atom is 0.265 e. The number of alkyl halides is 2. The Hall–Kier alpha value is -2.82. The molecule has 1 saturated heterocycles. The van der Waals surface area contributed by atoms with Crippen molar-refractivity contribution in [3.63, 3.8) is 0 Å². The Bertz CT molecular complexity index is 1130. The monoisotopic (exact) mass is 434 g/mol. The highest BCUT2D eigenvalue weighted by molar-refractivity contribution is 7.89. The summed E-state index contributed by atoms with van der Waals surface area (Å²) in [6.45, 7) is 2.82. The molecule has 2 heterocycles. The van der Waals surface area contributed by atoms with Gasteiger partial charge in [0, 0.05) is 36.7 Å². The average Bonchev–Trinajstić information content (AvgIpc) is 3.27. The van der Waals surface area contributed by atoms with Crippen molar-refractivity contribution < 1.29 is 21.9 Å². The average molecular weight is 434 g/mol. The van der Waals surface area contributed by atoms with Crippen molar-refractivity contribution in [3.8, 4) is 16.8 Å². The van der Waals surface area contributed by atoms with Crippen molar-refractivity contribution in [3.05, 3.63) is 60.4 Å². The molecule has 0 atom stereocenters. The van der Waals surface area contributed by atoms with E-state index in [1.165, 1.54) is 30.6 Å². The molecule has 1 aliphatic rings. The molecule has 10 heteroatoms. The maximum atomic E-state index is 13.9. The molecule has 2 aromatic carbocycles. The molecule has 4 rings (SSSR count). The van der Waals surface area contributed by atoms with E-state index in [1.54, 1.807) is 12.1 Å². The van der Waals surface area contributed by atoms with Crippen molar-refractivity contribution in [2.24, 2.45) is 5.14 Å². The summed E-state index contributed by atoms with van der Waals surface area (Å²) in [7, 11) is -4.29. The molecule has 0 saturated carbocycles. The molecular weight excluding hydrogens is 414 g/mol. The normalized spacial score (nSPS) is 15.0. The quantitative estimate of drug-likeness (QED) is 0.667. The fourth-order valence-corrected chi connectivity index (χ4v) is 4.28. The van der Waals surface area contributed by atoms with Gasteiger partial charge in [0.1, 0.15) is 4.90 Å². The summed E-state index contributed by atoms with van der Waals surface area (Å²) < 4.78 is 58.7. The number of benzene rings is 2. The van der Waals surface area contributed by atoms with Crippen molar-refractivity contribution in [2.45, 2.75) is 11.3 Å². The van der Waals surface area contributed by atoms with Gasteiger partial charge < -0.3 is 9.64 Å². The van der Waals surface area contributed by atoms with Crippen LogP contribution in [0, 0.1) is 0 Å². The SMILES string of the molecule is NS(=O)(=O)c1cc(-c2ccc(N3CCOCC3)cc2)cc(C(F)F)c1-n1cccn1. The molecule has 158 valence electrons. The van der Waals surface area contributed by atoms with Gasteiger partial charge in [-0.1, -0.05) is 12.1 Å². The first-order valence-corrected chi connectivity index (χ1v) is 10.8. The van der Waals surface area contributed by atoms with Crippen molar-refractivity contribution in [2.75, 3.05) is 31.2 Å². The Morgan fingerprint density at radius 3 is 2.33 bits per heavy atom. The number of nitrogens with zero attached hydrogens (tertiary/aromatic N) is 3. The van der Waals surface area contributed by atoms with E-state index in [0.717, 1.165) is 23.5 Å². The lowest BCUT2D eigenvalue weighted by Crippen LogP contribution is -2.36. The lowest BCUT2D eigenvalue weighted by atomic mass is 10.0. The van der Waals surface area contributed by atoms with Gasteiger partial charge in [0.15, 0.2) is 0 Å². The number of sulfonamides is 1. The summed E-state index contributed by atoms with van der Waals surface area (Å²) in [5.41, 5.74) is 1.21. The minimum atomic E-state index is -4.29. The van der Waals surface area contributed by atoms with Crippen LogP contribution in [0.15, 0.2) is 59.8 Å². The second kappa shape index (κ2) is 8.13. The second-order valence-corrected chi connectivity index (χ2v) is 8.38. The first-order valence-electron chi connectivity index (χ1n) is 9.26. The third-order valence-electron chi connectivity index (χ3n) is 4.96. The van der Waals surface area contributed by atoms with E-state index in [2.05, 4.69) is 10.00 Å². The molecule has 0 unspecified atom stereocenters. The molecule has 3 aromatic rings. The van der Waals surface area contributed by atoms with E-state index in [0.29, 0.717) is 24.3 Å². The van der Waals surface area contributed by atoms with Gasteiger partial charge in [-0.25, -0.2) is 27.0 Å². The predicted molar refractivity (Wildman–Crippen MR) is 108 cm³/mol. The fourth-order valence-electron chi connectivity index (χ4n) is 3.51. The van der Waals surface area contributed by atoms with Gasteiger partial charge in [-0.05, 0) is 41.5 Å². The van der Waals surface area contributed by atoms with Crippen LogP contribution in [0.25, 0.3) is 16.8 Å². The molecule has 0 radical (unpaired) electrons. The Morgan fingerprint density at radius 1 is 1.07 bits per heavy atom. The van der Waals surface area contributed by atoms with E-state index in [4.69, 9.17) is 9.88 Å². The number of rotatable bonds is 5. The van der Waals surface area contributed by atoms with Gasteiger partial charge in [-0.15, -0.1) is 0 Å². The third kappa shape index (κ3) is 4.07. The highest BCUT2D eigenvalue weighted by Crippen LogP contribution is 2.36. The van der Waals surface area contributed by atoms with Crippen LogP contribution in [-0.2, 0) is 14.8 Å². The van der Waals surface area contributed by atoms with Gasteiger partial charge in [0.25, 0.3) is 6.43 Å². The topological polar surface area (TPSA) is 90.5 Å². The minimum Gasteiger partial charge on any atom is -0.378 e. The molecule has 2 N–H and O–H groups in total. The van der Waals surface area contributed by atoms with Crippen molar-refractivity contribution >= 4 is 15.7 Å². The van der Waals surface area contributed by atoms with Gasteiger partial charge in [-0.2, -0.15) is 5.10 Å². The van der Waals surface area contributed by atoms with Gasteiger partial charge in [-0.3, -0.25) is 0 Å². The number of nitrogens with two attached hydrogens (primary N) is 1. The van der Waals surface area contributed by atoms with E-state index >= 15 is 0 Å². The Balaban J connectivity index is 1.82. The van der Waals surface area contributed by atoms with Crippen LogP contribution in [0.3, 0.4) is 0 Å². The number of primary sulfonamides is 1. The largest absolute Gasteiger partial charge is 0.378 e. The summed E-state index contributed by atoms with van der Waals surface area (Å²) in [4.78, 5) is 1.75. The number of halogens is 2. The fraction of sp³-hybridized carbons (Fsp3) is 0.250. The second-order valence-electron chi connectivity index (χ2n) is 6.85.